The van der Waals surface area contributed by atoms with Crippen molar-refractivity contribution in [3.05, 3.63) is 29.5 Å². The lowest BCUT2D eigenvalue weighted by Crippen LogP contribution is -2.16. The van der Waals surface area contributed by atoms with Crippen molar-refractivity contribution in [2.45, 2.75) is 19.4 Å². The van der Waals surface area contributed by atoms with Gasteiger partial charge in [0.1, 0.15) is 0 Å². The molecule has 0 radical (unpaired) electrons. The summed E-state index contributed by atoms with van der Waals surface area (Å²) in [6.45, 7) is 2.91. The second-order valence-electron chi connectivity index (χ2n) is 4.72. The van der Waals surface area contributed by atoms with Gasteiger partial charge in [0.25, 0.3) is 0 Å². The summed E-state index contributed by atoms with van der Waals surface area (Å²) in [5, 5.41) is 18.2. The van der Waals surface area contributed by atoms with Crippen LogP contribution in [0.1, 0.15) is 23.7 Å². The van der Waals surface area contributed by atoms with E-state index in [1.807, 2.05) is 39.3 Å². The number of nitrogens with one attached hydrogen (secondary N) is 1. The molecule has 2 N–H and O–H groups in total. The summed E-state index contributed by atoms with van der Waals surface area (Å²) in [5.41, 5.74) is 3.13. The van der Waals surface area contributed by atoms with Crippen LogP contribution in [0.3, 0.4) is 0 Å². The van der Waals surface area contributed by atoms with E-state index in [0.29, 0.717) is 0 Å². The number of nitrogens with zero attached hydrogens (tertiary/aromatic N) is 2. The van der Waals surface area contributed by atoms with Crippen molar-refractivity contribution >= 4 is 10.9 Å². The minimum Gasteiger partial charge on any atom is -0.388 e. The van der Waals surface area contributed by atoms with Crippen LogP contribution in [0.15, 0.2) is 18.3 Å². The molecule has 0 aliphatic heterocycles. The fourth-order valence-electron chi connectivity index (χ4n) is 2.07. The Kier molecular flexibility index (Phi) is 3.45. The predicted molar refractivity (Wildman–Crippen MR) is 69.0 cm³/mol. The van der Waals surface area contributed by atoms with E-state index in [9.17, 15) is 5.11 Å². The first kappa shape index (κ1) is 12.1. The summed E-state index contributed by atoms with van der Waals surface area (Å²) in [6.07, 6.45) is 2.15. The number of aromatic nitrogens is 2. The minimum absolute atomic E-state index is 0.406. The molecule has 92 valence electrons. The summed E-state index contributed by atoms with van der Waals surface area (Å²) >= 11 is 0. The van der Waals surface area contributed by atoms with Crippen LogP contribution in [0.4, 0.5) is 0 Å². The van der Waals surface area contributed by atoms with Crippen LogP contribution in [0, 0.1) is 6.92 Å². The lowest BCUT2D eigenvalue weighted by molar-refractivity contribution is 0.154. The third-order valence-corrected chi connectivity index (χ3v) is 3.14. The van der Waals surface area contributed by atoms with Crippen LogP contribution in [0.25, 0.3) is 10.9 Å². The monoisotopic (exact) mass is 233 g/mol. The fraction of sp³-hybridized carbons (Fsp3) is 0.462. The smallest absolute Gasteiger partial charge is 0.0805 e. The number of benzene rings is 1. The minimum atomic E-state index is -0.406. The number of hydrogen-bond acceptors (Lipinski definition) is 3. The molecule has 2 aromatic rings. The maximum absolute atomic E-state index is 10.2. The van der Waals surface area contributed by atoms with Crippen molar-refractivity contribution < 1.29 is 5.11 Å². The second-order valence-corrected chi connectivity index (χ2v) is 4.72. The lowest BCUT2D eigenvalue weighted by atomic mass is 9.98. The van der Waals surface area contributed by atoms with Crippen molar-refractivity contribution in [3.63, 3.8) is 0 Å². The molecular formula is C13H19N3O. The van der Waals surface area contributed by atoms with Crippen molar-refractivity contribution in [3.8, 4) is 0 Å². The van der Waals surface area contributed by atoms with Crippen LogP contribution in [0.5, 0.6) is 0 Å². The first-order valence-electron chi connectivity index (χ1n) is 5.85. The van der Waals surface area contributed by atoms with Gasteiger partial charge >= 0.3 is 0 Å². The number of H-pyrrole nitrogens is 1. The third kappa shape index (κ3) is 2.48. The zero-order valence-corrected chi connectivity index (χ0v) is 10.6. The number of fused-ring (bicyclic) bond motifs is 1. The van der Waals surface area contributed by atoms with Gasteiger partial charge in [-0.3, -0.25) is 5.10 Å². The van der Waals surface area contributed by atoms with Gasteiger partial charge in [-0.15, -0.1) is 0 Å². The molecule has 1 aromatic carbocycles. The number of hydrogen-bond donors (Lipinski definition) is 2. The number of aliphatic hydroxyl groups is 1. The van der Waals surface area contributed by atoms with Gasteiger partial charge in [0.2, 0.25) is 0 Å². The number of rotatable bonds is 4. The molecule has 4 heteroatoms. The van der Waals surface area contributed by atoms with Gasteiger partial charge in [0, 0.05) is 11.9 Å². The van der Waals surface area contributed by atoms with Crippen LogP contribution in [-0.4, -0.2) is 40.8 Å². The van der Waals surface area contributed by atoms with Gasteiger partial charge < -0.3 is 10.0 Å². The first-order valence-corrected chi connectivity index (χ1v) is 5.85. The molecule has 0 fully saturated rings. The summed E-state index contributed by atoms with van der Waals surface area (Å²) in [7, 11) is 4.03. The zero-order chi connectivity index (χ0) is 12.4. The molecule has 0 aliphatic rings. The Morgan fingerprint density at radius 2 is 2.18 bits per heavy atom. The Hall–Kier alpha value is -1.39. The van der Waals surface area contributed by atoms with Crippen molar-refractivity contribution in [1.82, 2.24) is 15.1 Å². The van der Waals surface area contributed by atoms with E-state index in [1.165, 1.54) is 0 Å². The van der Waals surface area contributed by atoms with Crippen molar-refractivity contribution in [1.29, 1.82) is 0 Å². The molecule has 1 aromatic heterocycles. The van der Waals surface area contributed by atoms with E-state index in [0.717, 1.165) is 35.0 Å². The normalized spacial score (nSPS) is 13.5. The Bertz CT molecular complexity index is 504. The highest BCUT2D eigenvalue weighted by atomic mass is 16.3. The molecular weight excluding hydrogens is 214 g/mol. The molecule has 0 saturated carbocycles. The van der Waals surface area contributed by atoms with Gasteiger partial charge in [-0.1, -0.05) is 6.07 Å². The molecule has 0 saturated heterocycles. The van der Waals surface area contributed by atoms with Crippen molar-refractivity contribution in [2.24, 2.45) is 0 Å². The molecule has 17 heavy (non-hydrogen) atoms. The van der Waals surface area contributed by atoms with E-state index < -0.39 is 6.10 Å². The highest BCUT2D eigenvalue weighted by Crippen LogP contribution is 2.26. The highest BCUT2D eigenvalue weighted by molar-refractivity contribution is 5.82. The first-order chi connectivity index (χ1) is 8.09. The van der Waals surface area contributed by atoms with Crippen LogP contribution >= 0.6 is 0 Å². The second kappa shape index (κ2) is 4.85. The summed E-state index contributed by atoms with van der Waals surface area (Å²) < 4.78 is 0. The van der Waals surface area contributed by atoms with Crippen molar-refractivity contribution in [2.75, 3.05) is 20.6 Å². The topological polar surface area (TPSA) is 52.1 Å². The van der Waals surface area contributed by atoms with Gasteiger partial charge in [-0.05, 0) is 44.6 Å². The maximum atomic E-state index is 10.2. The fourth-order valence-corrected chi connectivity index (χ4v) is 2.07. The predicted octanol–water partition coefficient (Wildman–Crippen LogP) is 1.86. The van der Waals surface area contributed by atoms with E-state index >= 15 is 0 Å². The standard InChI is InChI=1S/C13H19N3O/c1-9-10(13(17)6-7-16(2)3)4-5-12-11(9)8-14-15-12/h4-5,8,13,17H,6-7H2,1-3H3,(H,14,15). The highest BCUT2D eigenvalue weighted by Gasteiger charge is 2.13. The summed E-state index contributed by atoms with van der Waals surface area (Å²) in [6, 6.07) is 3.96. The van der Waals surface area contributed by atoms with E-state index in [2.05, 4.69) is 15.1 Å². The molecule has 0 aliphatic carbocycles. The number of aliphatic hydroxyl groups excluding tert-OH is 1. The molecule has 4 nitrogen and oxygen atoms in total. The van der Waals surface area contributed by atoms with Crippen LogP contribution in [0.2, 0.25) is 0 Å². The van der Waals surface area contributed by atoms with E-state index in [4.69, 9.17) is 0 Å². The third-order valence-electron chi connectivity index (χ3n) is 3.14. The Morgan fingerprint density at radius 3 is 2.88 bits per heavy atom. The zero-order valence-electron chi connectivity index (χ0n) is 10.6. The van der Waals surface area contributed by atoms with Crippen LogP contribution in [-0.2, 0) is 0 Å². The SMILES string of the molecule is Cc1c(C(O)CCN(C)C)ccc2[nH]ncc12. The molecule has 1 heterocycles. The van der Waals surface area contributed by atoms with Gasteiger partial charge in [0.05, 0.1) is 17.8 Å². The number of aryl methyl sites for hydroxylation is 1. The molecule has 1 atom stereocenters. The Morgan fingerprint density at radius 1 is 1.41 bits per heavy atom. The molecule has 1 unspecified atom stereocenters. The van der Waals surface area contributed by atoms with E-state index in [-0.39, 0.29) is 0 Å². The maximum Gasteiger partial charge on any atom is 0.0805 e. The quantitative estimate of drug-likeness (QED) is 0.847. The average molecular weight is 233 g/mol. The number of aromatic amines is 1. The van der Waals surface area contributed by atoms with Gasteiger partial charge in [-0.2, -0.15) is 5.10 Å². The summed E-state index contributed by atoms with van der Waals surface area (Å²) in [5.74, 6) is 0. The Balaban J connectivity index is 2.25. The van der Waals surface area contributed by atoms with Crippen LogP contribution < -0.4 is 0 Å². The molecule has 0 spiro atoms. The lowest BCUT2D eigenvalue weighted by Gasteiger charge is -2.16. The molecule has 0 amide bonds. The molecule has 2 rings (SSSR count). The molecule has 0 bridgehead atoms. The summed E-state index contributed by atoms with van der Waals surface area (Å²) in [4.78, 5) is 2.08. The Labute approximate surface area is 101 Å². The average Bonchev–Trinajstić information content (AvgIpc) is 2.75. The van der Waals surface area contributed by atoms with Gasteiger partial charge in [-0.25, -0.2) is 0 Å². The van der Waals surface area contributed by atoms with Gasteiger partial charge in [0.15, 0.2) is 0 Å². The largest absolute Gasteiger partial charge is 0.388 e. The van der Waals surface area contributed by atoms with E-state index in [1.54, 1.807) is 0 Å².